The van der Waals surface area contributed by atoms with Crippen LogP contribution in [-0.2, 0) is 0 Å². The Kier molecular flexibility index (Phi) is 4.91. The van der Waals surface area contributed by atoms with Gasteiger partial charge >= 0.3 is 0 Å². The highest BCUT2D eigenvalue weighted by Gasteiger charge is 2.45. The summed E-state index contributed by atoms with van der Waals surface area (Å²) in [6, 6.07) is 4.39. The molecule has 1 saturated carbocycles. The Balaban J connectivity index is 2.56. The van der Waals surface area contributed by atoms with Gasteiger partial charge in [-0.2, -0.15) is 0 Å². The second-order valence-corrected chi connectivity index (χ2v) is 6.50. The van der Waals surface area contributed by atoms with E-state index in [1.165, 1.54) is 29.5 Å². The Morgan fingerprint density at radius 1 is 1.24 bits per heavy atom. The van der Waals surface area contributed by atoms with Crippen LogP contribution in [0.5, 0.6) is 5.75 Å². The Morgan fingerprint density at radius 2 is 1.86 bits per heavy atom. The number of hydrogen-bond acceptors (Lipinski definition) is 4. The second-order valence-electron chi connectivity index (χ2n) is 6.50. The molecular formula is C17H29N3O. The van der Waals surface area contributed by atoms with E-state index in [1.807, 2.05) is 0 Å². The predicted molar refractivity (Wildman–Crippen MR) is 87.4 cm³/mol. The molecule has 0 saturated heterocycles. The van der Waals surface area contributed by atoms with Gasteiger partial charge in [-0.3, -0.25) is 11.3 Å². The van der Waals surface area contributed by atoms with Crippen LogP contribution >= 0.6 is 0 Å². The summed E-state index contributed by atoms with van der Waals surface area (Å²) < 4.78 is 5.66. The second kappa shape index (κ2) is 6.34. The highest BCUT2D eigenvalue weighted by atomic mass is 16.5. The molecule has 1 aromatic rings. The number of nitrogens with two attached hydrogens (primary N) is 1. The fourth-order valence-electron chi connectivity index (χ4n) is 3.97. The standard InChI is InChI=1S/C17H29N3O/c1-12-10-13(2)15(14(11-12)21-5)16(19-18)17(20(3)4)8-6-7-9-17/h10-11,16,19H,6-9,18H2,1-5H3. The van der Waals surface area contributed by atoms with Crippen LogP contribution in [0.4, 0.5) is 0 Å². The minimum atomic E-state index is 0.0576. The zero-order valence-corrected chi connectivity index (χ0v) is 14.0. The molecule has 3 N–H and O–H groups in total. The molecule has 1 aliphatic rings. The van der Waals surface area contributed by atoms with Gasteiger partial charge in [-0.15, -0.1) is 0 Å². The third-order valence-corrected chi connectivity index (χ3v) is 5.07. The van der Waals surface area contributed by atoms with Crippen LogP contribution in [0, 0.1) is 13.8 Å². The van der Waals surface area contributed by atoms with Crippen molar-refractivity contribution in [3.8, 4) is 5.75 Å². The largest absolute Gasteiger partial charge is 0.496 e. The lowest BCUT2D eigenvalue weighted by Crippen LogP contribution is -2.53. The Labute approximate surface area is 128 Å². The van der Waals surface area contributed by atoms with Crippen LogP contribution in [0.3, 0.4) is 0 Å². The molecule has 4 heteroatoms. The van der Waals surface area contributed by atoms with E-state index in [1.54, 1.807) is 7.11 Å². The maximum absolute atomic E-state index is 6.01. The lowest BCUT2D eigenvalue weighted by molar-refractivity contribution is 0.103. The number of nitrogens with one attached hydrogen (secondary N) is 1. The Morgan fingerprint density at radius 3 is 2.33 bits per heavy atom. The van der Waals surface area contributed by atoms with Gasteiger partial charge in [0.2, 0.25) is 0 Å². The van der Waals surface area contributed by atoms with Gasteiger partial charge in [0.25, 0.3) is 0 Å². The van der Waals surface area contributed by atoms with Gasteiger partial charge in [-0.05, 0) is 58.0 Å². The molecule has 1 aliphatic carbocycles. The van der Waals surface area contributed by atoms with E-state index in [-0.39, 0.29) is 11.6 Å². The van der Waals surface area contributed by atoms with Crippen LogP contribution in [0.2, 0.25) is 0 Å². The summed E-state index contributed by atoms with van der Waals surface area (Å²) in [7, 11) is 6.06. The summed E-state index contributed by atoms with van der Waals surface area (Å²) in [6.45, 7) is 4.25. The first-order valence-corrected chi connectivity index (χ1v) is 7.75. The molecule has 4 nitrogen and oxygen atoms in total. The summed E-state index contributed by atoms with van der Waals surface area (Å²) in [5.41, 5.74) is 6.80. The Bertz CT molecular complexity index is 493. The summed E-state index contributed by atoms with van der Waals surface area (Å²) in [6.07, 6.45) is 4.82. The third-order valence-electron chi connectivity index (χ3n) is 5.07. The van der Waals surface area contributed by atoms with Gasteiger partial charge in [0.1, 0.15) is 5.75 Å². The van der Waals surface area contributed by atoms with Crippen molar-refractivity contribution in [2.24, 2.45) is 5.84 Å². The quantitative estimate of drug-likeness (QED) is 0.647. The smallest absolute Gasteiger partial charge is 0.124 e. The molecule has 1 aromatic carbocycles. The average Bonchev–Trinajstić information content (AvgIpc) is 2.92. The topological polar surface area (TPSA) is 50.5 Å². The number of hydrazine groups is 1. The fraction of sp³-hybridized carbons (Fsp3) is 0.647. The lowest BCUT2D eigenvalue weighted by atomic mass is 9.80. The summed E-state index contributed by atoms with van der Waals surface area (Å²) in [5, 5.41) is 0. The number of likely N-dealkylation sites (N-methyl/N-ethyl adjacent to an activating group) is 1. The van der Waals surface area contributed by atoms with E-state index >= 15 is 0 Å². The first kappa shape index (κ1) is 16.3. The van der Waals surface area contributed by atoms with Gasteiger partial charge in [-0.25, -0.2) is 0 Å². The molecule has 0 heterocycles. The maximum atomic E-state index is 6.01. The van der Waals surface area contributed by atoms with Crippen molar-refractivity contribution in [2.45, 2.75) is 51.1 Å². The number of hydrogen-bond donors (Lipinski definition) is 2. The minimum Gasteiger partial charge on any atom is -0.496 e. The number of nitrogens with zero attached hydrogens (tertiary/aromatic N) is 1. The van der Waals surface area contributed by atoms with Crippen molar-refractivity contribution in [2.75, 3.05) is 21.2 Å². The molecular weight excluding hydrogens is 262 g/mol. The van der Waals surface area contributed by atoms with Crippen LogP contribution < -0.4 is 16.0 Å². The molecule has 2 rings (SSSR count). The number of ether oxygens (including phenoxy) is 1. The first-order valence-electron chi connectivity index (χ1n) is 7.75. The van der Waals surface area contributed by atoms with E-state index in [9.17, 15) is 0 Å². The molecule has 0 spiro atoms. The molecule has 0 aliphatic heterocycles. The van der Waals surface area contributed by atoms with Crippen LogP contribution in [0.25, 0.3) is 0 Å². The van der Waals surface area contributed by atoms with Crippen molar-refractivity contribution in [3.63, 3.8) is 0 Å². The summed E-state index contributed by atoms with van der Waals surface area (Å²) in [5.74, 6) is 6.94. The van der Waals surface area contributed by atoms with Crippen molar-refractivity contribution >= 4 is 0 Å². The molecule has 1 fully saturated rings. The first-order chi connectivity index (χ1) is 9.96. The molecule has 1 unspecified atom stereocenters. The minimum absolute atomic E-state index is 0.0576. The van der Waals surface area contributed by atoms with E-state index in [0.29, 0.717) is 0 Å². The lowest BCUT2D eigenvalue weighted by Gasteiger charge is -2.44. The molecule has 21 heavy (non-hydrogen) atoms. The third kappa shape index (κ3) is 2.80. The highest BCUT2D eigenvalue weighted by molar-refractivity contribution is 5.46. The zero-order chi connectivity index (χ0) is 15.6. The maximum Gasteiger partial charge on any atom is 0.124 e. The molecule has 0 radical (unpaired) electrons. The number of methoxy groups -OCH3 is 1. The van der Waals surface area contributed by atoms with Crippen LogP contribution in [0.15, 0.2) is 12.1 Å². The van der Waals surface area contributed by atoms with E-state index in [4.69, 9.17) is 10.6 Å². The summed E-state index contributed by atoms with van der Waals surface area (Å²) in [4.78, 5) is 2.34. The molecule has 0 aromatic heterocycles. The SMILES string of the molecule is COc1cc(C)cc(C)c1C(NN)C1(N(C)C)CCCC1. The monoisotopic (exact) mass is 291 g/mol. The summed E-state index contributed by atoms with van der Waals surface area (Å²) >= 11 is 0. The molecule has 0 bridgehead atoms. The van der Waals surface area contributed by atoms with Gasteiger partial charge < -0.3 is 9.64 Å². The van der Waals surface area contributed by atoms with Gasteiger partial charge in [-0.1, -0.05) is 18.9 Å². The van der Waals surface area contributed by atoms with Crippen LogP contribution in [-0.4, -0.2) is 31.6 Å². The van der Waals surface area contributed by atoms with Crippen molar-refractivity contribution in [3.05, 3.63) is 28.8 Å². The predicted octanol–water partition coefficient (Wildman–Crippen LogP) is 2.69. The average molecular weight is 291 g/mol. The molecule has 118 valence electrons. The molecule has 1 atom stereocenters. The van der Waals surface area contributed by atoms with Gasteiger partial charge in [0.05, 0.1) is 13.2 Å². The van der Waals surface area contributed by atoms with E-state index < -0.39 is 0 Å². The van der Waals surface area contributed by atoms with E-state index in [0.717, 1.165) is 18.6 Å². The Hall–Kier alpha value is -1.10. The fourth-order valence-corrected chi connectivity index (χ4v) is 3.97. The normalized spacial score (nSPS) is 19.0. The van der Waals surface area contributed by atoms with Crippen molar-refractivity contribution in [1.82, 2.24) is 10.3 Å². The van der Waals surface area contributed by atoms with E-state index in [2.05, 4.69) is 50.4 Å². The van der Waals surface area contributed by atoms with Crippen molar-refractivity contribution in [1.29, 1.82) is 0 Å². The van der Waals surface area contributed by atoms with Crippen molar-refractivity contribution < 1.29 is 4.74 Å². The zero-order valence-electron chi connectivity index (χ0n) is 14.0. The highest BCUT2D eigenvalue weighted by Crippen LogP contribution is 2.46. The van der Waals surface area contributed by atoms with Gasteiger partial charge in [0.15, 0.2) is 0 Å². The molecule has 0 amide bonds. The van der Waals surface area contributed by atoms with Gasteiger partial charge in [0, 0.05) is 11.1 Å². The number of aryl methyl sites for hydroxylation is 2. The number of rotatable bonds is 5. The van der Waals surface area contributed by atoms with Crippen LogP contribution in [0.1, 0.15) is 48.4 Å². The number of benzene rings is 1.